The number of halogens is 4. The van der Waals surface area contributed by atoms with E-state index in [2.05, 4.69) is 20.9 Å². The van der Waals surface area contributed by atoms with E-state index < -0.39 is 29.6 Å². The van der Waals surface area contributed by atoms with E-state index >= 15 is 0 Å². The number of rotatable bonds is 4. The van der Waals surface area contributed by atoms with Gasteiger partial charge in [0.05, 0.1) is 12.0 Å². The van der Waals surface area contributed by atoms with Crippen LogP contribution in [0.2, 0.25) is 0 Å². The predicted molar refractivity (Wildman–Crippen MR) is 108 cm³/mol. The summed E-state index contributed by atoms with van der Waals surface area (Å²) in [4.78, 5) is 28.1. The Hall–Kier alpha value is -3.95. The Labute approximate surface area is 179 Å². The van der Waals surface area contributed by atoms with Crippen molar-refractivity contribution in [3.63, 3.8) is 0 Å². The van der Waals surface area contributed by atoms with Gasteiger partial charge >= 0.3 is 12.2 Å². The molecule has 4 rings (SSSR count). The van der Waals surface area contributed by atoms with Gasteiger partial charge in [-0.15, -0.1) is 0 Å². The molecule has 3 amide bonds. The number of amides is 3. The SMILES string of the molecule is O=C1Cc2ccc(NC(=O)NC(c3ccc(C(F)(F)F)cc3)c3ncccc3F)cc2N1. The van der Waals surface area contributed by atoms with Crippen LogP contribution in [0.3, 0.4) is 0 Å². The number of carbonyl (C=O) groups is 2. The van der Waals surface area contributed by atoms with E-state index in [4.69, 9.17) is 0 Å². The van der Waals surface area contributed by atoms with Gasteiger partial charge in [-0.1, -0.05) is 18.2 Å². The molecule has 1 aliphatic rings. The molecule has 32 heavy (non-hydrogen) atoms. The number of pyridine rings is 1. The van der Waals surface area contributed by atoms with Gasteiger partial charge in [0.2, 0.25) is 5.91 Å². The number of nitrogens with zero attached hydrogens (tertiary/aromatic N) is 1. The molecule has 10 heteroatoms. The van der Waals surface area contributed by atoms with Crippen molar-refractivity contribution in [2.45, 2.75) is 18.6 Å². The summed E-state index contributed by atoms with van der Waals surface area (Å²) in [5.74, 6) is -0.882. The number of hydrogen-bond donors (Lipinski definition) is 3. The molecular formula is C22H16F4N4O2. The standard InChI is InChI=1S/C22H16F4N4O2/c23-16-2-1-9-27-20(16)19(12-3-6-14(7-4-12)22(24,25)26)30-21(32)28-15-8-5-13-10-18(31)29-17(13)11-15/h1-9,11,19H,10H2,(H,29,31)(H2,28,30,32). The zero-order valence-corrected chi connectivity index (χ0v) is 16.3. The van der Waals surface area contributed by atoms with Crippen LogP contribution >= 0.6 is 0 Å². The molecule has 3 N–H and O–H groups in total. The van der Waals surface area contributed by atoms with Crippen molar-refractivity contribution < 1.29 is 27.2 Å². The second-order valence-electron chi connectivity index (χ2n) is 7.12. The maximum absolute atomic E-state index is 14.4. The number of hydrogen-bond acceptors (Lipinski definition) is 3. The molecule has 0 radical (unpaired) electrons. The van der Waals surface area contributed by atoms with Crippen LogP contribution in [0.15, 0.2) is 60.8 Å². The van der Waals surface area contributed by atoms with Gasteiger partial charge in [0.1, 0.15) is 17.6 Å². The molecule has 1 unspecified atom stereocenters. The van der Waals surface area contributed by atoms with E-state index in [9.17, 15) is 27.2 Å². The van der Waals surface area contributed by atoms with Crippen LogP contribution in [0.1, 0.15) is 28.4 Å². The van der Waals surface area contributed by atoms with Crippen molar-refractivity contribution in [1.82, 2.24) is 10.3 Å². The van der Waals surface area contributed by atoms with E-state index in [1.807, 2.05) is 0 Å². The quantitative estimate of drug-likeness (QED) is 0.513. The van der Waals surface area contributed by atoms with Crippen LogP contribution < -0.4 is 16.0 Å². The predicted octanol–water partition coefficient (Wildman–Crippen LogP) is 4.65. The molecule has 1 atom stereocenters. The topological polar surface area (TPSA) is 83.1 Å². The van der Waals surface area contributed by atoms with Gasteiger partial charge < -0.3 is 16.0 Å². The maximum Gasteiger partial charge on any atom is 0.416 e. The zero-order chi connectivity index (χ0) is 22.9. The molecule has 2 heterocycles. The minimum Gasteiger partial charge on any atom is -0.325 e. The van der Waals surface area contributed by atoms with E-state index in [0.29, 0.717) is 11.4 Å². The molecule has 0 aliphatic carbocycles. The fourth-order valence-electron chi connectivity index (χ4n) is 3.37. The Morgan fingerprint density at radius 2 is 1.84 bits per heavy atom. The van der Waals surface area contributed by atoms with E-state index in [-0.39, 0.29) is 23.6 Å². The Balaban J connectivity index is 1.58. The number of carbonyl (C=O) groups excluding carboxylic acids is 2. The Bertz CT molecular complexity index is 1180. The van der Waals surface area contributed by atoms with E-state index in [1.54, 1.807) is 18.2 Å². The van der Waals surface area contributed by atoms with Crippen molar-refractivity contribution in [1.29, 1.82) is 0 Å². The Morgan fingerprint density at radius 3 is 2.53 bits per heavy atom. The van der Waals surface area contributed by atoms with E-state index in [1.165, 1.54) is 12.3 Å². The fraction of sp³-hybridized carbons (Fsp3) is 0.136. The highest BCUT2D eigenvalue weighted by Gasteiger charge is 2.31. The van der Waals surface area contributed by atoms with Crippen molar-refractivity contribution >= 4 is 23.3 Å². The third-order valence-electron chi connectivity index (χ3n) is 4.90. The van der Waals surface area contributed by atoms with Gasteiger partial charge in [-0.2, -0.15) is 13.2 Å². The molecule has 0 bridgehead atoms. The number of fused-ring (bicyclic) bond motifs is 1. The molecule has 0 saturated carbocycles. The van der Waals surface area contributed by atoms with Gasteiger partial charge in [0.15, 0.2) is 0 Å². The smallest absolute Gasteiger partial charge is 0.325 e. The first-order chi connectivity index (χ1) is 15.2. The van der Waals surface area contributed by atoms with Gasteiger partial charge in [0, 0.05) is 17.6 Å². The summed E-state index contributed by atoms with van der Waals surface area (Å²) in [5, 5.41) is 7.80. The highest BCUT2D eigenvalue weighted by Crippen LogP contribution is 2.31. The molecule has 0 spiro atoms. The van der Waals surface area contributed by atoms with Crippen molar-refractivity contribution in [2.24, 2.45) is 0 Å². The lowest BCUT2D eigenvalue weighted by Crippen LogP contribution is -2.34. The van der Waals surface area contributed by atoms with Crippen LogP contribution in [0.5, 0.6) is 0 Å². The van der Waals surface area contributed by atoms with E-state index in [0.717, 1.165) is 35.9 Å². The van der Waals surface area contributed by atoms with Gasteiger partial charge in [-0.05, 0) is 47.5 Å². The molecule has 0 fully saturated rings. The van der Waals surface area contributed by atoms with Crippen molar-refractivity contribution in [3.8, 4) is 0 Å². The average molecular weight is 444 g/mol. The first-order valence-electron chi connectivity index (χ1n) is 9.48. The van der Waals surface area contributed by atoms with Crippen LogP contribution in [-0.2, 0) is 17.4 Å². The van der Waals surface area contributed by atoms with Crippen LogP contribution in [0.25, 0.3) is 0 Å². The molecule has 1 aromatic heterocycles. The minimum absolute atomic E-state index is 0.149. The Kier molecular flexibility index (Phi) is 5.52. The molecule has 164 valence electrons. The second-order valence-corrected chi connectivity index (χ2v) is 7.12. The summed E-state index contributed by atoms with van der Waals surface area (Å²) in [6.07, 6.45) is -2.97. The number of benzene rings is 2. The third-order valence-corrected chi connectivity index (χ3v) is 4.90. The summed E-state index contributed by atoms with van der Waals surface area (Å²) in [6.45, 7) is 0. The second kappa shape index (κ2) is 8.29. The molecule has 2 aromatic carbocycles. The average Bonchev–Trinajstić information content (AvgIpc) is 3.11. The van der Waals surface area contributed by atoms with Crippen LogP contribution in [0.4, 0.5) is 33.7 Å². The summed E-state index contributed by atoms with van der Waals surface area (Å²) >= 11 is 0. The van der Waals surface area contributed by atoms with Crippen molar-refractivity contribution in [2.75, 3.05) is 10.6 Å². The molecular weight excluding hydrogens is 428 g/mol. The van der Waals surface area contributed by atoms with Crippen molar-refractivity contribution in [3.05, 3.63) is 89.0 Å². The van der Waals surface area contributed by atoms with Crippen LogP contribution in [0, 0.1) is 5.82 Å². The lowest BCUT2D eigenvalue weighted by molar-refractivity contribution is -0.137. The van der Waals surface area contributed by atoms with Gasteiger partial charge in [-0.3, -0.25) is 9.78 Å². The third kappa shape index (κ3) is 4.53. The summed E-state index contributed by atoms with van der Waals surface area (Å²) in [5.41, 5.74) is 0.930. The number of aromatic nitrogens is 1. The maximum atomic E-state index is 14.4. The zero-order valence-electron chi connectivity index (χ0n) is 16.3. The number of anilines is 2. The first kappa shape index (κ1) is 21.3. The largest absolute Gasteiger partial charge is 0.416 e. The van der Waals surface area contributed by atoms with Crippen LogP contribution in [-0.4, -0.2) is 16.9 Å². The number of urea groups is 1. The summed E-state index contributed by atoms with van der Waals surface area (Å²) in [7, 11) is 0. The first-order valence-corrected chi connectivity index (χ1v) is 9.48. The summed E-state index contributed by atoms with van der Waals surface area (Å²) in [6, 6.07) is 9.52. The normalized spacial score (nSPS) is 13.8. The number of alkyl halides is 3. The lowest BCUT2D eigenvalue weighted by Gasteiger charge is -2.20. The highest BCUT2D eigenvalue weighted by atomic mass is 19.4. The monoisotopic (exact) mass is 444 g/mol. The highest BCUT2D eigenvalue weighted by molar-refractivity contribution is 6.00. The molecule has 1 aliphatic heterocycles. The van der Waals surface area contributed by atoms with Gasteiger partial charge in [0.25, 0.3) is 0 Å². The summed E-state index contributed by atoms with van der Waals surface area (Å²) < 4.78 is 53.1. The molecule has 3 aromatic rings. The molecule has 0 saturated heterocycles. The molecule has 6 nitrogen and oxygen atoms in total. The number of nitrogens with one attached hydrogen (secondary N) is 3. The fourth-order valence-corrected chi connectivity index (χ4v) is 3.37. The lowest BCUT2D eigenvalue weighted by atomic mass is 10.0. The van der Waals surface area contributed by atoms with Gasteiger partial charge in [-0.25, -0.2) is 9.18 Å². The minimum atomic E-state index is -4.53. The Morgan fingerprint density at radius 1 is 1.09 bits per heavy atom.